The highest BCUT2D eigenvalue weighted by Gasteiger charge is 2.19. The van der Waals surface area contributed by atoms with Crippen LogP contribution < -0.4 is 5.32 Å². The van der Waals surface area contributed by atoms with Gasteiger partial charge in [0.2, 0.25) is 11.8 Å². The summed E-state index contributed by atoms with van der Waals surface area (Å²) >= 11 is 0. The van der Waals surface area contributed by atoms with E-state index in [0.717, 1.165) is 79.6 Å². The lowest BCUT2D eigenvalue weighted by Gasteiger charge is -2.27. The number of fused-ring (bicyclic) bond motifs is 1. The lowest BCUT2D eigenvalue weighted by molar-refractivity contribution is -0.132. The summed E-state index contributed by atoms with van der Waals surface area (Å²) in [4.78, 5) is 32.3. The third-order valence-corrected chi connectivity index (χ3v) is 7.56. The molecule has 4 aromatic rings. The van der Waals surface area contributed by atoms with Crippen LogP contribution in [0.5, 0.6) is 0 Å². The molecular weight excluding hydrogens is 484 g/mol. The number of carbonyl (C=O) groups excluding carboxylic acids is 2. The molecule has 6 nitrogen and oxygen atoms in total. The average molecular weight is 523 g/mol. The number of nitrogens with zero attached hydrogens (tertiary/aromatic N) is 3. The first-order valence-electron chi connectivity index (χ1n) is 14.3. The Labute approximate surface area is 231 Å². The van der Waals surface area contributed by atoms with Gasteiger partial charge in [-0.25, -0.2) is 4.98 Å². The number of rotatable bonds is 11. The second kappa shape index (κ2) is 13.2. The van der Waals surface area contributed by atoms with E-state index in [-0.39, 0.29) is 11.8 Å². The number of imidazole rings is 1. The zero-order valence-electron chi connectivity index (χ0n) is 22.6. The van der Waals surface area contributed by atoms with E-state index in [0.29, 0.717) is 19.5 Å². The summed E-state index contributed by atoms with van der Waals surface area (Å²) in [7, 11) is 0. The van der Waals surface area contributed by atoms with E-state index in [1.165, 1.54) is 12.0 Å². The van der Waals surface area contributed by atoms with Crippen LogP contribution in [0.1, 0.15) is 49.9 Å². The van der Waals surface area contributed by atoms with Crippen molar-refractivity contribution in [3.05, 3.63) is 90.3 Å². The van der Waals surface area contributed by atoms with E-state index in [1.54, 1.807) is 0 Å². The first-order chi connectivity index (χ1) is 19.2. The number of aryl methyl sites for hydroxylation is 1. The van der Waals surface area contributed by atoms with E-state index in [1.807, 2.05) is 53.4 Å². The maximum atomic E-state index is 13.0. The molecule has 39 heavy (non-hydrogen) atoms. The van der Waals surface area contributed by atoms with Gasteiger partial charge >= 0.3 is 0 Å². The maximum Gasteiger partial charge on any atom is 0.242 e. The van der Waals surface area contributed by atoms with Crippen molar-refractivity contribution in [3.8, 4) is 11.1 Å². The Morgan fingerprint density at radius 1 is 0.769 bits per heavy atom. The Hall–Kier alpha value is -3.93. The minimum absolute atomic E-state index is 0.0560. The van der Waals surface area contributed by atoms with Gasteiger partial charge < -0.3 is 14.8 Å². The van der Waals surface area contributed by atoms with Gasteiger partial charge in [0.25, 0.3) is 0 Å². The highest BCUT2D eigenvalue weighted by molar-refractivity contribution is 5.81. The summed E-state index contributed by atoms with van der Waals surface area (Å²) in [6.45, 7) is 2.76. The molecule has 1 fully saturated rings. The van der Waals surface area contributed by atoms with Gasteiger partial charge in [-0.3, -0.25) is 9.59 Å². The van der Waals surface area contributed by atoms with E-state index in [9.17, 15) is 9.59 Å². The van der Waals surface area contributed by atoms with Crippen molar-refractivity contribution >= 4 is 22.8 Å². The fourth-order valence-electron chi connectivity index (χ4n) is 5.38. The molecule has 202 valence electrons. The van der Waals surface area contributed by atoms with Crippen LogP contribution in [0.3, 0.4) is 0 Å². The molecule has 2 amide bonds. The quantitative estimate of drug-likeness (QED) is 0.254. The molecule has 6 heteroatoms. The zero-order valence-corrected chi connectivity index (χ0v) is 22.6. The van der Waals surface area contributed by atoms with Gasteiger partial charge in [0.05, 0.1) is 17.5 Å². The zero-order chi connectivity index (χ0) is 26.9. The van der Waals surface area contributed by atoms with Crippen LogP contribution in [0.25, 0.3) is 22.2 Å². The molecule has 0 radical (unpaired) electrons. The van der Waals surface area contributed by atoms with Gasteiger partial charge in [0.1, 0.15) is 12.4 Å². The second-order valence-electron chi connectivity index (χ2n) is 10.4. The molecular formula is C33H38N4O2. The summed E-state index contributed by atoms with van der Waals surface area (Å²) in [6, 6.07) is 26.6. The van der Waals surface area contributed by atoms with Gasteiger partial charge in [-0.2, -0.15) is 0 Å². The number of aromatic nitrogens is 2. The smallest absolute Gasteiger partial charge is 0.242 e. The molecule has 0 unspecified atom stereocenters. The number of hydrogen-bond donors (Lipinski definition) is 1. The number of likely N-dealkylation sites (tertiary alicyclic amines) is 1. The van der Waals surface area contributed by atoms with Gasteiger partial charge in [-0.05, 0) is 60.9 Å². The van der Waals surface area contributed by atoms with Crippen LogP contribution >= 0.6 is 0 Å². The van der Waals surface area contributed by atoms with Gasteiger partial charge in [-0.15, -0.1) is 0 Å². The van der Waals surface area contributed by atoms with Crippen molar-refractivity contribution in [2.75, 3.05) is 19.6 Å². The number of para-hydroxylation sites is 2. The van der Waals surface area contributed by atoms with Crippen LogP contribution in [0.2, 0.25) is 0 Å². The molecule has 1 aliphatic heterocycles. The molecule has 0 spiro atoms. The highest BCUT2D eigenvalue weighted by Crippen LogP contribution is 2.20. The van der Waals surface area contributed by atoms with Crippen molar-refractivity contribution in [3.63, 3.8) is 0 Å². The van der Waals surface area contributed by atoms with E-state index >= 15 is 0 Å². The summed E-state index contributed by atoms with van der Waals surface area (Å²) in [5.74, 6) is 1.22. The predicted octanol–water partition coefficient (Wildman–Crippen LogP) is 5.79. The third-order valence-electron chi connectivity index (χ3n) is 7.56. The Balaban J connectivity index is 1.06. The summed E-state index contributed by atoms with van der Waals surface area (Å²) in [5.41, 5.74) is 5.33. The third kappa shape index (κ3) is 7.14. The van der Waals surface area contributed by atoms with Crippen LogP contribution in [-0.2, 0) is 29.0 Å². The van der Waals surface area contributed by atoms with Crippen molar-refractivity contribution in [2.24, 2.45) is 0 Å². The van der Waals surface area contributed by atoms with Gasteiger partial charge in [0, 0.05) is 26.1 Å². The number of piperidine rings is 1. The molecule has 1 aliphatic rings. The largest absolute Gasteiger partial charge is 0.356 e. The van der Waals surface area contributed by atoms with Gasteiger partial charge in [0.15, 0.2) is 0 Å². The Bertz CT molecular complexity index is 1370. The molecule has 2 heterocycles. The molecule has 1 N–H and O–H groups in total. The fraction of sp³-hybridized carbons (Fsp3) is 0.364. The normalized spacial score (nSPS) is 13.5. The van der Waals surface area contributed by atoms with E-state index in [4.69, 9.17) is 4.98 Å². The molecule has 0 saturated carbocycles. The molecule has 5 rings (SSSR count). The van der Waals surface area contributed by atoms with Crippen LogP contribution in [-0.4, -0.2) is 45.9 Å². The number of carbonyl (C=O) groups is 2. The lowest BCUT2D eigenvalue weighted by Crippen LogP contribution is -2.38. The molecule has 1 aromatic heterocycles. The molecule has 3 aromatic carbocycles. The first kappa shape index (κ1) is 26.7. The lowest BCUT2D eigenvalue weighted by atomic mass is 10.0. The molecule has 0 aliphatic carbocycles. The summed E-state index contributed by atoms with van der Waals surface area (Å²) in [5, 5.41) is 3.06. The van der Waals surface area contributed by atoms with Gasteiger partial charge in [-0.1, -0.05) is 73.2 Å². The summed E-state index contributed by atoms with van der Waals surface area (Å²) < 4.78 is 2.11. The Kier molecular flexibility index (Phi) is 9.05. The van der Waals surface area contributed by atoms with Crippen LogP contribution in [0.4, 0.5) is 0 Å². The maximum absolute atomic E-state index is 13.0. The number of amides is 2. The monoisotopic (exact) mass is 522 g/mol. The minimum atomic E-state index is 0.0560. The topological polar surface area (TPSA) is 67.2 Å². The highest BCUT2D eigenvalue weighted by atomic mass is 16.2. The molecule has 0 atom stereocenters. The number of nitrogens with one attached hydrogen (secondary N) is 1. The predicted molar refractivity (Wildman–Crippen MR) is 156 cm³/mol. The molecule has 0 bridgehead atoms. The standard InChI is InChI=1S/C33H38N4O2/c38-32(24-26-17-19-28(20-18-26)27-12-4-1-5-13-27)34-21-9-2-6-16-31-35-29-14-7-8-15-30(29)37(31)25-33(39)36-22-10-3-11-23-36/h1,4-5,7-8,12-15,17-20H,2-3,6,9-11,16,21-25H2,(H,34,38). The number of hydrogen-bond acceptors (Lipinski definition) is 3. The number of unbranched alkanes of at least 4 members (excludes halogenated alkanes) is 2. The van der Waals surface area contributed by atoms with E-state index in [2.05, 4.69) is 40.2 Å². The Morgan fingerprint density at radius 2 is 1.49 bits per heavy atom. The van der Waals surface area contributed by atoms with Crippen molar-refractivity contribution in [1.82, 2.24) is 19.8 Å². The van der Waals surface area contributed by atoms with Crippen LogP contribution in [0.15, 0.2) is 78.9 Å². The second-order valence-corrected chi connectivity index (χ2v) is 10.4. The average Bonchev–Trinajstić information content (AvgIpc) is 3.33. The van der Waals surface area contributed by atoms with E-state index < -0.39 is 0 Å². The van der Waals surface area contributed by atoms with Crippen molar-refractivity contribution in [1.29, 1.82) is 0 Å². The molecule has 1 saturated heterocycles. The fourth-order valence-corrected chi connectivity index (χ4v) is 5.38. The number of benzene rings is 3. The Morgan fingerprint density at radius 3 is 2.28 bits per heavy atom. The minimum Gasteiger partial charge on any atom is -0.356 e. The summed E-state index contributed by atoms with van der Waals surface area (Å²) in [6.07, 6.45) is 7.51. The van der Waals surface area contributed by atoms with Crippen molar-refractivity contribution < 1.29 is 9.59 Å². The van der Waals surface area contributed by atoms with Crippen LogP contribution in [0, 0.1) is 0 Å². The first-order valence-corrected chi connectivity index (χ1v) is 14.3. The SMILES string of the molecule is O=C(Cc1ccc(-c2ccccc2)cc1)NCCCCCc1nc2ccccc2n1CC(=O)N1CCCCC1. The van der Waals surface area contributed by atoms with Crippen molar-refractivity contribution in [2.45, 2.75) is 57.9 Å².